The minimum atomic E-state index is -1.10. The maximum Gasteiger partial charge on any atom is 0.336 e. The van der Waals surface area contributed by atoms with Gasteiger partial charge in [0.05, 0.1) is 11.1 Å². The van der Waals surface area contributed by atoms with E-state index in [4.69, 9.17) is 10.2 Å². The van der Waals surface area contributed by atoms with Gasteiger partial charge >= 0.3 is 11.9 Å². The predicted molar refractivity (Wildman–Crippen MR) is 55.2 cm³/mol. The molecule has 0 radical (unpaired) electrons. The van der Waals surface area contributed by atoms with Crippen LogP contribution in [-0.4, -0.2) is 22.2 Å². The van der Waals surface area contributed by atoms with Gasteiger partial charge < -0.3 is 10.2 Å². The SMILES string of the molecule is O=C(O)c1ccc(C(=O)O)c(SS)c1. The van der Waals surface area contributed by atoms with Gasteiger partial charge in [-0.3, -0.25) is 0 Å². The van der Waals surface area contributed by atoms with E-state index < -0.39 is 11.9 Å². The molecule has 2 N–H and O–H groups in total. The minimum absolute atomic E-state index is 0.0477. The average molecular weight is 230 g/mol. The van der Waals surface area contributed by atoms with Gasteiger partial charge in [-0.25, -0.2) is 9.59 Å². The summed E-state index contributed by atoms with van der Waals surface area (Å²) in [6.07, 6.45) is 0. The number of rotatable bonds is 3. The lowest BCUT2D eigenvalue weighted by Crippen LogP contribution is -2.02. The summed E-state index contributed by atoms with van der Waals surface area (Å²) in [5, 5.41) is 17.4. The van der Waals surface area contributed by atoms with Crippen molar-refractivity contribution in [1.29, 1.82) is 0 Å². The Morgan fingerprint density at radius 2 is 1.86 bits per heavy atom. The molecule has 0 saturated carbocycles. The molecule has 0 aliphatic rings. The number of carboxylic acids is 2. The third kappa shape index (κ3) is 2.21. The highest BCUT2D eigenvalue weighted by Gasteiger charge is 2.12. The number of benzene rings is 1. The van der Waals surface area contributed by atoms with Crippen LogP contribution < -0.4 is 0 Å². The molecule has 1 aromatic rings. The quantitative estimate of drug-likeness (QED) is 0.547. The van der Waals surface area contributed by atoms with Crippen LogP contribution in [0.2, 0.25) is 0 Å². The summed E-state index contributed by atoms with van der Waals surface area (Å²) in [5.74, 6) is -2.19. The molecule has 0 fully saturated rings. The van der Waals surface area contributed by atoms with Crippen molar-refractivity contribution in [2.45, 2.75) is 4.90 Å². The van der Waals surface area contributed by atoms with Crippen LogP contribution in [0, 0.1) is 0 Å². The van der Waals surface area contributed by atoms with Gasteiger partial charge in [0.1, 0.15) is 0 Å². The first-order chi connectivity index (χ1) is 6.56. The van der Waals surface area contributed by atoms with Gasteiger partial charge in [0.2, 0.25) is 0 Å². The van der Waals surface area contributed by atoms with Crippen molar-refractivity contribution in [1.82, 2.24) is 0 Å². The van der Waals surface area contributed by atoms with E-state index in [2.05, 4.69) is 11.7 Å². The summed E-state index contributed by atoms with van der Waals surface area (Å²) in [6, 6.07) is 3.78. The number of carboxylic acid groups (broad SMARTS) is 2. The van der Waals surface area contributed by atoms with E-state index in [-0.39, 0.29) is 11.1 Å². The first-order valence-electron chi connectivity index (χ1n) is 3.48. The topological polar surface area (TPSA) is 74.6 Å². The van der Waals surface area contributed by atoms with Crippen LogP contribution in [0.15, 0.2) is 23.1 Å². The molecule has 1 aromatic carbocycles. The van der Waals surface area contributed by atoms with Crippen molar-refractivity contribution >= 4 is 34.4 Å². The number of hydrogen-bond acceptors (Lipinski definition) is 4. The fraction of sp³-hybridized carbons (Fsp3) is 0. The molecule has 0 aromatic heterocycles. The van der Waals surface area contributed by atoms with E-state index in [1.807, 2.05) is 0 Å². The Morgan fingerprint density at radius 1 is 1.21 bits per heavy atom. The summed E-state index contributed by atoms with van der Waals surface area (Å²) >= 11 is 3.85. The molecular formula is C8H6O4S2. The van der Waals surface area contributed by atoms with Gasteiger partial charge in [0, 0.05) is 4.90 Å². The van der Waals surface area contributed by atoms with Crippen LogP contribution in [0.25, 0.3) is 0 Å². The van der Waals surface area contributed by atoms with Crippen molar-refractivity contribution in [2.24, 2.45) is 0 Å². The molecule has 0 amide bonds. The Labute approximate surface area is 88.8 Å². The molecule has 1 rings (SSSR count). The fourth-order valence-corrected chi connectivity index (χ4v) is 1.79. The van der Waals surface area contributed by atoms with E-state index >= 15 is 0 Å². The van der Waals surface area contributed by atoms with Crippen LogP contribution >= 0.6 is 22.5 Å². The maximum atomic E-state index is 10.7. The zero-order valence-electron chi connectivity index (χ0n) is 6.80. The Morgan fingerprint density at radius 3 is 2.29 bits per heavy atom. The monoisotopic (exact) mass is 230 g/mol. The molecular weight excluding hydrogens is 224 g/mol. The van der Waals surface area contributed by atoms with Crippen LogP contribution in [0.3, 0.4) is 0 Å². The second-order valence-electron chi connectivity index (χ2n) is 2.41. The van der Waals surface area contributed by atoms with E-state index in [9.17, 15) is 9.59 Å². The van der Waals surface area contributed by atoms with Crippen molar-refractivity contribution in [3.8, 4) is 0 Å². The highest BCUT2D eigenvalue weighted by molar-refractivity contribution is 8.68. The Kier molecular flexibility index (Phi) is 3.43. The molecule has 6 heteroatoms. The number of aromatic carboxylic acids is 2. The lowest BCUT2D eigenvalue weighted by atomic mass is 10.1. The fourth-order valence-electron chi connectivity index (χ4n) is 0.908. The zero-order valence-corrected chi connectivity index (χ0v) is 8.51. The first-order valence-corrected chi connectivity index (χ1v) is 5.35. The number of carbonyl (C=O) groups is 2. The normalized spacial score (nSPS) is 9.79. The summed E-state index contributed by atoms with van der Waals surface area (Å²) < 4.78 is 0. The zero-order chi connectivity index (χ0) is 10.7. The summed E-state index contributed by atoms with van der Waals surface area (Å²) in [7, 11) is 0.906. The van der Waals surface area contributed by atoms with Gasteiger partial charge in [-0.15, -0.1) is 11.7 Å². The number of hydrogen-bond donors (Lipinski definition) is 3. The van der Waals surface area contributed by atoms with Crippen LogP contribution in [0.1, 0.15) is 20.7 Å². The standard InChI is InChI=1S/C8H6O4S2/c9-7(10)4-1-2-5(8(11)12)6(3-4)14-13/h1-3,13H,(H,9,10)(H,11,12). The Balaban J connectivity index is 3.25. The minimum Gasteiger partial charge on any atom is -0.478 e. The molecule has 0 unspecified atom stereocenters. The highest BCUT2D eigenvalue weighted by atomic mass is 33.1. The summed E-state index contributed by atoms with van der Waals surface area (Å²) in [5.41, 5.74) is 0.0987. The molecule has 0 atom stereocenters. The molecule has 0 heterocycles. The third-order valence-corrected chi connectivity index (χ3v) is 2.68. The van der Waals surface area contributed by atoms with Gasteiger partial charge in [0.25, 0.3) is 0 Å². The van der Waals surface area contributed by atoms with E-state index in [1.54, 1.807) is 0 Å². The largest absolute Gasteiger partial charge is 0.478 e. The van der Waals surface area contributed by atoms with Crippen LogP contribution in [0.4, 0.5) is 0 Å². The van der Waals surface area contributed by atoms with E-state index in [0.29, 0.717) is 4.90 Å². The molecule has 0 saturated heterocycles. The third-order valence-electron chi connectivity index (χ3n) is 1.56. The lowest BCUT2D eigenvalue weighted by Gasteiger charge is -2.02. The van der Waals surface area contributed by atoms with Gasteiger partial charge in [-0.2, -0.15) is 0 Å². The molecule has 74 valence electrons. The molecule has 14 heavy (non-hydrogen) atoms. The highest BCUT2D eigenvalue weighted by Crippen LogP contribution is 2.26. The molecule has 0 spiro atoms. The van der Waals surface area contributed by atoms with Gasteiger partial charge in [0.15, 0.2) is 0 Å². The average Bonchev–Trinajstić information content (AvgIpc) is 2.16. The van der Waals surface area contributed by atoms with Gasteiger partial charge in [-0.1, -0.05) is 10.8 Å². The van der Waals surface area contributed by atoms with E-state index in [0.717, 1.165) is 10.8 Å². The lowest BCUT2D eigenvalue weighted by molar-refractivity contribution is 0.0678. The van der Waals surface area contributed by atoms with Crippen molar-refractivity contribution in [3.63, 3.8) is 0 Å². The number of thiol groups is 1. The first kappa shape index (κ1) is 10.9. The van der Waals surface area contributed by atoms with Gasteiger partial charge in [-0.05, 0) is 18.2 Å². The smallest absolute Gasteiger partial charge is 0.336 e. The van der Waals surface area contributed by atoms with Crippen molar-refractivity contribution in [2.75, 3.05) is 0 Å². The van der Waals surface area contributed by atoms with Crippen LogP contribution in [-0.2, 0) is 0 Å². The Hall–Kier alpha value is -1.14. The molecule has 0 bridgehead atoms. The Bertz CT molecular complexity index is 389. The molecule has 0 aliphatic heterocycles. The molecule has 4 nitrogen and oxygen atoms in total. The van der Waals surface area contributed by atoms with Crippen LogP contribution in [0.5, 0.6) is 0 Å². The second-order valence-corrected chi connectivity index (χ2v) is 3.58. The second kappa shape index (κ2) is 4.39. The van der Waals surface area contributed by atoms with E-state index in [1.165, 1.54) is 18.2 Å². The van der Waals surface area contributed by atoms with Crippen molar-refractivity contribution in [3.05, 3.63) is 29.3 Å². The summed E-state index contributed by atoms with van der Waals surface area (Å²) in [6.45, 7) is 0. The molecule has 0 aliphatic carbocycles. The van der Waals surface area contributed by atoms with Crippen molar-refractivity contribution < 1.29 is 19.8 Å². The maximum absolute atomic E-state index is 10.7. The summed E-state index contributed by atoms with van der Waals surface area (Å²) in [4.78, 5) is 21.6. The predicted octanol–water partition coefficient (Wildman–Crippen LogP) is 2.02.